The molecule has 3 aromatic heterocycles. The molecule has 0 radical (unpaired) electrons. The van der Waals surface area contributed by atoms with Crippen LogP contribution < -0.4 is 5.32 Å². The first kappa shape index (κ1) is 33.5. The molecule has 4 amide bonds. The first-order valence-electron chi connectivity index (χ1n) is 17.3. The summed E-state index contributed by atoms with van der Waals surface area (Å²) in [6, 6.07) is 31.6. The second-order valence-corrected chi connectivity index (χ2v) is 13.1. The highest BCUT2D eigenvalue weighted by molar-refractivity contribution is 5.92. The van der Waals surface area contributed by atoms with Crippen molar-refractivity contribution in [1.29, 1.82) is 0 Å². The van der Waals surface area contributed by atoms with Gasteiger partial charge in [0.2, 0.25) is 11.8 Å². The van der Waals surface area contributed by atoms with Gasteiger partial charge in [0.15, 0.2) is 5.76 Å². The zero-order chi connectivity index (χ0) is 36.3. The van der Waals surface area contributed by atoms with Crippen molar-refractivity contribution in [2.45, 2.75) is 38.3 Å². The molecular formula is C40H36N8O5. The maximum Gasteiger partial charge on any atom is 0.334 e. The van der Waals surface area contributed by atoms with Crippen molar-refractivity contribution in [2.24, 2.45) is 0 Å². The van der Waals surface area contributed by atoms with Crippen LogP contribution in [0, 0.1) is 0 Å². The Hall–Kier alpha value is -6.60. The number of hydrogen-bond donors (Lipinski definition) is 2. The minimum absolute atomic E-state index is 0.0537. The number of urea groups is 1. The number of phenols is 1. The third-order valence-corrected chi connectivity index (χ3v) is 9.61. The lowest BCUT2D eigenvalue weighted by Crippen LogP contribution is -2.76. The molecule has 0 spiro atoms. The van der Waals surface area contributed by atoms with E-state index in [1.165, 1.54) is 0 Å². The summed E-state index contributed by atoms with van der Waals surface area (Å²) >= 11 is 0. The van der Waals surface area contributed by atoms with Crippen LogP contribution in [0.1, 0.15) is 22.5 Å². The molecule has 2 aliphatic rings. The number of pyridine rings is 2. The molecule has 2 atom stereocenters. The number of hydrazine groups is 1. The monoisotopic (exact) mass is 708 g/mol. The molecule has 266 valence electrons. The zero-order valence-electron chi connectivity index (χ0n) is 28.7. The van der Waals surface area contributed by atoms with Crippen molar-refractivity contribution in [3.63, 3.8) is 0 Å². The first-order valence-corrected chi connectivity index (χ1v) is 17.3. The van der Waals surface area contributed by atoms with E-state index in [0.29, 0.717) is 17.1 Å². The van der Waals surface area contributed by atoms with Gasteiger partial charge in [-0.15, -0.1) is 0 Å². The average molecular weight is 709 g/mol. The second-order valence-electron chi connectivity index (χ2n) is 13.1. The summed E-state index contributed by atoms with van der Waals surface area (Å²) in [5.41, 5.74) is 4.51. The molecule has 3 aromatic carbocycles. The highest BCUT2D eigenvalue weighted by Crippen LogP contribution is 2.32. The van der Waals surface area contributed by atoms with Gasteiger partial charge in [0.25, 0.3) is 0 Å². The summed E-state index contributed by atoms with van der Waals surface area (Å²) in [6.45, 7) is 0.405. The second kappa shape index (κ2) is 14.6. The molecular weight excluding hydrogens is 672 g/mol. The van der Waals surface area contributed by atoms with Crippen molar-refractivity contribution in [3.8, 4) is 17.1 Å². The Balaban J connectivity index is 1.16. The van der Waals surface area contributed by atoms with Crippen molar-refractivity contribution in [1.82, 2.24) is 40.3 Å². The molecule has 0 unspecified atom stereocenters. The predicted octanol–water partition coefficient (Wildman–Crippen LogP) is 4.74. The molecule has 2 aliphatic heterocycles. The van der Waals surface area contributed by atoms with E-state index in [2.05, 4.69) is 20.4 Å². The molecule has 8 rings (SSSR count). The lowest BCUT2D eigenvalue weighted by molar-refractivity contribution is -0.193. The zero-order valence-corrected chi connectivity index (χ0v) is 28.7. The Morgan fingerprint density at radius 2 is 1.64 bits per heavy atom. The molecule has 2 N–H and O–H groups in total. The van der Waals surface area contributed by atoms with Crippen LogP contribution in [0.5, 0.6) is 5.75 Å². The van der Waals surface area contributed by atoms with E-state index in [1.54, 1.807) is 62.5 Å². The summed E-state index contributed by atoms with van der Waals surface area (Å²) in [6.07, 6.45) is 2.72. The van der Waals surface area contributed by atoms with E-state index in [4.69, 9.17) is 4.52 Å². The van der Waals surface area contributed by atoms with E-state index in [0.717, 1.165) is 27.6 Å². The molecule has 5 heterocycles. The van der Waals surface area contributed by atoms with Crippen LogP contribution in [0.3, 0.4) is 0 Å². The van der Waals surface area contributed by atoms with Gasteiger partial charge in [-0.25, -0.2) is 9.80 Å². The standard InChI is InChI=1S/C40H36N8O5/c49-30-16-14-27(15-17-30)20-36-39(51)45(23-29-10-6-13-33-32(29)11-7-19-41-33)25-37-47(36)38(50)26-46(48(37)40(52)43-22-28-8-2-1-3-9-28)24-31-21-35(44-53-31)34-12-4-5-18-42-34/h1-19,21,36-37,49H,20,22-26H2,(H,43,52)/t36-,37-/m0/s1. The number of carbonyl (C=O) groups excluding carboxylic acids is 3. The van der Waals surface area contributed by atoms with E-state index < -0.39 is 18.2 Å². The van der Waals surface area contributed by atoms with E-state index >= 15 is 0 Å². The smallest absolute Gasteiger partial charge is 0.334 e. The summed E-state index contributed by atoms with van der Waals surface area (Å²) in [7, 11) is 0. The van der Waals surface area contributed by atoms with E-state index in [-0.39, 0.29) is 56.7 Å². The molecule has 13 nitrogen and oxygen atoms in total. The summed E-state index contributed by atoms with van der Waals surface area (Å²) in [4.78, 5) is 55.4. The summed E-state index contributed by atoms with van der Waals surface area (Å²) in [5, 5.41) is 21.3. The Kier molecular flexibility index (Phi) is 9.21. The Morgan fingerprint density at radius 3 is 2.45 bits per heavy atom. The fourth-order valence-corrected chi connectivity index (χ4v) is 7.10. The van der Waals surface area contributed by atoms with Crippen LogP contribution in [-0.4, -0.2) is 83.2 Å². The van der Waals surface area contributed by atoms with Gasteiger partial charge >= 0.3 is 6.03 Å². The van der Waals surface area contributed by atoms with Crippen molar-refractivity contribution < 1.29 is 24.0 Å². The number of amides is 4. The van der Waals surface area contributed by atoms with E-state index in [9.17, 15) is 19.5 Å². The Labute approximate surface area is 305 Å². The number of phenolic OH excluding ortho intramolecular Hbond substituents is 1. The first-order chi connectivity index (χ1) is 25.9. The minimum atomic E-state index is -0.925. The van der Waals surface area contributed by atoms with Gasteiger partial charge in [0.05, 0.1) is 30.8 Å². The molecule has 53 heavy (non-hydrogen) atoms. The third kappa shape index (κ3) is 7.02. The summed E-state index contributed by atoms with van der Waals surface area (Å²) < 4.78 is 5.71. The third-order valence-electron chi connectivity index (χ3n) is 9.61. The van der Waals surface area contributed by atoms with Crippen LogP contribution in [0.15, 0.2) is 126 Å². The topological polar surface area (TPSA) is 148 Å². The van der Waals surface area contributed by atoms with Gasteiger partial charge in [-0.05, 0) is 53.1 Å². The Bertz CT molecular complexity index is 2240. The highest BCUT2D eigenvalue weighted by Gasteiger charge is 2.51. The number of piperazine rings is 1. The van der Waals surface area contributed by atoms with Gasteiger partial charge in [-0.2, -0.15) is 5.01 Å². The van der Waals surface area contributed by atoms with Gasteiger partial charge in [0.1, 0.15) is 23.7 Å². The van der Waals surface area contributed by atoms with Gasteiger partial charge in [-0.3, -0.25) is 19.6 Å². The number of rotatable bonds is 9. The number of aromatic hydroxyl groups is 1. The van der Waals surface area contributed by atoms with E-state index in [1.807, 2.05) is 78.9 Å². The fourth-order valence-electron chi connectivity index (χ4n) is 7.10. The molecule has 0 saturated carbocycles. The predicted molar refractivity (Wildman–Crippen MR) is 194 cm³/mol. The average Bonchev–Trinajstić information content (AvgIpc) is 3.66. The molecule has 2 fully saturated rings. The van der Waals surface area contributed by atoms with Gasteiger partial charge in [-0.1, -0.05) is 71.9 Å². The lowest BCUT2D eigenvalue weighted by atomic mass is 9.98. The van der Waals surface area contributed by atoms with Crippen molar-refractivity contribution in [2.75, 3.05) is 13.1 Å². The highest BCUT2D eigenvalue weighted by atomic mass is 16.5. The van der Waals surface area contributed by atoms with Crippen molar-refractivity contribution in [3.05, 3.63) is 144 Å². The number of benzene rings is 3. The molecule has 13 heteroatoms. The minimum Gasteiger partial charge on any atom is -0.508 e. The summed E-state index contributed by atoms with van der Waals surface area (Å²) in [5.74, 6) is -0.0209. The number of hydrogen-bond acceptors (Lipinski definition) is 9. The SMILES string of the molecule is O=C1[C@H](Cc2ccc(O)cc2)N2C(=O)CN(Cc3cc(-c4ccccn4)no3)N(C(=O)NCc3ccccc3)[C@H]2CN1Cc1cccc2ncccc12. The van der Waals surface area contributed by atoms with Crippen LogP contribution in [0.25, 0.3) is 22.3 Å². The largest absolute Gasteiger partial charge is 0.508 e. The fraction of sp³-hybridized carbons (Fsp3) is 0.200. The Morgan fingerprint density at radius 1 is 0.830 bits per heavy atom. The molecule has 2 saturated heterocycles. The van der Waals surface area contributed by atoms with Gasteiger partial charge in [0, 0.05) is 43.4 Å². The quantitative estimate of drug-likeness (QED) is 0.217. The molecule has 0 aliphatic carbocycles. The molecule has 6 aromatic rings. The van der Waals surface area contributed by atoms with Gasteiger partial charge < -0.3 is 24.7 Å². The molecule has 0 bridgehead atoms. The number of carbonyl (C=O) groups is 3. The number of aromatic nitrogens is 3. The van der Waals surface area contributed by atoms with Crippen LogP contribution >= 0.6 is 0 Å². The van der Waals surface area contributed by atoms with Crippen LogP contribution in [0.4, 0.5) is 4.79 Å². The van der Waals surface area contributed by atoms with Crippen LogP contribution in [-0.2, 0) is 35.6 Å². The normalized spacial score (nSPS) is 17.6. The maximum atomic E-state index is 14.5. The number of nitrogens with one attached hydrogen (secondary N) is 1. The van der Waals surface area contributed by atoms with Crippen LogP contribution in [0.2, 0.25) is 0 Å². The lowest BCUT2D eigenvalue weighted by Gasteiger charge is -2.55. The maximum absolute atomic E-state index is 14.5. The number of fused-ring (bicyclic) bond motifs is 2. The number of nitrogens with zero attached hydrogens (tertiary/aromatic N) is 7. The van der Waals surface area contributed by atoms with Crippen molar-refractivity contribution >= 4 is 28.7 Å².